The van der Waals surface area contributed by atoms with Crippen molar-refractivity contribution in [3.05, 3.63) is 108 Å². The lowest BCUT2D eigenvalue weighted by molar-refractivity contribution is -0.139. The number of methoxy groups -OCH3 is 2. The monoisotopic (exact) mass is 746 g/mol. The molecule has 4 heterocycles. The molecule has 7 rings (SSSR count). The largest absolute Gasteiger partial charge is 0.502 e. The quantitative estimate of drug-likeness (QED) is 0.216. The Kier molecular flexibility index (Phi) is 8.02. The number of nitrogens with one attached hydrogen (secondary N) is 1. The van der Waals surface area contributed by atoms with Crippen LogP contribution in [0.3, 0.4) is 0 Å². The average molecular weight is 748 g/mol. The summed E-state index contributed by atoms with van der Waals surface area (Å²) in [7, 11) is 3.96. The molecule has 0 radical (unpaired) electrons. The number of phenolic OH excluding ortho intramolecular Hbond substituents is 1. The van der Waals surface area contributed by atoms with Gasteiger partial charge in [0, 0.05) is 24.2 Å². The van der Waals surface area contributed by atoms with Gasteiger partial charge in [-0.2, -0.15) is 18.2 Å². The number of amides is 2. The summed E-state index contributed by atoms with van der Waals surface area (Å²) < 4.78 is 54.6. The molecule has 4 atom stereocenters. The minimum atomic E-state index is -4.76. The molecule has 0 spiro atoms. The first-order valence-corrected chi connectivity index (χ1v) is 16.1. The SMILES string of the molecule is COc1cc([C@H]2C3=CCn4c(=O)n(C)c(=O)n4[C@@H]3C[C@H]3C(=O)N(Nc4ncc(C(F)(F)F)cc4Cl)C(=O)[C@@]23c2ccc(Cl)cc2)cc(OC)c1O. The van der Waals surface area contributed by atoms with Gasteiger partial charge in [-0.25, -0.2) is 28.5 Å². The number of halogens is 5. The number of alkyl halides is 3. The van der Waals surface area contributed by atoms with Crippen LogP contribution in [0.4, 0.5) is 19.0 Å². The minimum absolute atomic E-state index is 0.0213. The second-order valence-electron chi connectivity index (χ2n) is 12.3. The van der Waals surface area contributed by atoms with Crippen LogP contribution in [0.1, 0.15) is 35.1 Å². The molecule has 0 bridgehead atoms. The standard InChI is InChI=1S/C33H27Cl2F3N6O7/c1-41-30(48)42-9-8-19-22(44(42)31(41)49)13-20-28(46)43(40-27-21(35)12-17(14-39-27)33(36,37)38)29(47)32(20,16-4-6-18(34)7-5-16)25(19)15-10-23(50-2)26(45)24(11-15)51-3/h4-8,10-12,14,20,22,25,45H,9,13H2,1-3H3,(H,39,40)/t20-,22+,25-,32+/m0/s1. The van der Waals surface area contributed by atoms with Gasteiger partial charge >= 0.3 is 17.6 Å². The van der Waals surface area contributed by atoms with Crippen molar-refractivity contribution in [2.45, 2.75) is 36.5 Å². The molecule has 2 aromatic heterocycles. The molecule has 0 unspecified atom stereocenters. The topological polar surface area (TPSA) is 150 Å². The second kappa shape index (κ2) is 11.9. The van der Waals surface area contributed by atoms with E-state index in [-0.39, 0.29) is 30.2 Å². The summed E-state index contributed by atoms with van der Waals surface area (Å²) in [5, 5.41) is 11.3. The Morgan fingerprint density at radius 3 is 2.24 bits per heavy atom. The third-order valence-electron chi connectivity index (χ3n) is 9.85. The number of allylic oxidation sites excluding steroid dienone is 2. The van der Waals surface area contributed by atoms with Crippen LogP contribution in [0.25, 0.3) is 0 Å². The molecule has 3 aliphatic rings. The molecule has 1 saturated carbocycles. The number of pyridine rings is 1. The van der Waals surface area contributed by atoms with Gasteiger partial charge in [0.1, 0.15) is 0 Å². The highest BCUT2D eigenvalue weighted by atomic mass is 35.5. The molecule has 13 nitrogen and oxygen atoms in total. The third kappa shape index (κ3) is 4.94. The number of anilines is 1. The van der Waals surface area contributed by atoms with Crippen molar-refractivity contribution in [2.75, 3.05) is 19.6 Å². The number of hydrazine groups is 1. The zero-order chi connectivity index (χ0) is 36.7. The molecule has 1 saturated heterocycles. The van der Waals surface area contributed by atoms with Gasteiger partial charge < -0.3 is 14.6 Å². The number of carbonyl (C=O) groups is 2. The van der Waals surface area contributed by atoms with E-state index < -0.39 is 69.1 Å². The first-order valence-electron chi connectivity index (χ1n) is 15.3. The highest BCUT2D eigenvalue weighted by Gasteiger charge is 2.69. The predicted octanol–water partition coefficient (Wildman–Crippen LogP) is 4.41. The number of phenols is 1. The minimum Gasteiger partial charge on any atom is -0.502 e. The Bertz CT molecular complexity index is 2260. The van der Waals surface area contributed by atoms with Gasteiger partial charge in [0.05, 0.1) is 48.7 Å². The second-order valence-corrected chi connectivity index (χ2v) is 13.1. The number of aromatic hydroxyl groups is 1. The molecule has 51 heavy (non-hydrogen) atoms. The van der Waals surface area contributed by atoms with Crippen molar-refractivity contribution in [3.63, 3.8) is 0 Å². The van der Waals surface area contributed by atoms with E-state index in [1.807, 2.05) is 0 Å². The number of carbonyl (C=O) groups excluding carboxylic acids is 2. The first-order chi connectivity index (χ1) is 24.1. The van der Waals surface area contributed by atoms with E-state index in [1.54, 1.807) is 30.3 Å². The summed E-state index contributed by atoms with van der Waals surface area (Å²) in [5.74, 6) is -4.77. The molecule has 266 valence electrons. The maximum atomic E-state index is 15.2. The molecule has 4 aromatic rings. The van der Waals surface area contributed by atoms with Crippen LogP contribution in [0.5, 0.6) is 17.2 Å². The normalized spacial score (nSPS) is 22.6. The molecular weight excluding hydrogens is 720 g/mol. The number of hydrogen-bond acceptors (Lipinski definition) is 9. The van der Waals surface area contributed by atoms with E-state index >= 15 is 4.79 Å². The first kappa shape index (κ1) is 34.2. The molecule has 2 N–H and O–H groups in total. The Balaban J connectivity index is 1.50. The smallest absolute Gasteiger partial charge is 0.417 e. The molecular formula is C33H27Cl2F3N6O7. The van der Waals surface area contributed by atoms with Crippen LogP contribution in [0, 0.1) is 5.92 Å². The van der Waals surface area contributed by atoms with Gasteiger partial charge in [0.25, 0.3) is 11.8 Å². The van der Waals surface area contributed by atoms with Gasteiger partial charge in [-0.05, 0) is 53.5 Å². The summed E-state index contributed by atoms with van der Waals surface area (Å²) in [4.78, 5) is 60.3. The zero-order valence-electron chi connectivity index (χ0n) is 26.9. The number of aromatic nitrogens is 4. The fourth-order valence-corrected chi connectivity index (χ4v) is 7.94. The van der Waals surface area contributed by atoms with Gasteiger partial charge in [-0.1, -0.05) is 41.4 Å². The lowest BCUT2D eigenvalue weighted by Gasteiger charge is -2.49. The van der Waals surface area contributed by atoms with Gasteiger partial charge in [-0.3, -0.25) is 15.0 Å². The lowest BCUT2D eigenvalue weighted by atomic mass is 9.53. The maximum absolute atomic E-state index is 15.2. The zero-order valence-corrected chi connectivity index (χ0v) is 28.4. The van der Waals surface area contributed by atoms with Crippen molar-refractivity contribution in [2.24, 2.45) is 13.0 Å². The fourth-order valence-electron chi connectivity index (χ4n) is 7.61. The van der Waals surface area contributed by atoms with Crippen LogP contribution in [-0.4, -0.2) is 55.1 Å². The van der Waals surface area contributed by atoms with E-state index in [2.05, 4.69) is 10.4 Å². The molecule has 2 aliphatic heterocycles. The Morgan fingerprint density at radius 1 is 1.00 bits per heavy atom. The summed E-state index contributed by atoms with van der Waals surface area (Å²) in [5.41, 5.74) is -0.464. The van der Waals surface area contributed by atoms with Crippen molar-refractivity contribution in [1.82, 2.24) is 23.9 Å². The van der Waals surface area contributed by atoms with Crippen LogP contribution < -0.4 is 26.3 Å². The van der Waals surface area contributed by atoms with Crippen LogP contribution in [0.2, 0.25) is 10.0 Å². The van der Waals surface area contributed by atoms with E-state index in [4.69, 9.17) is 32.7 Å². The predicted molar refractivity (Wildman–Crippen MR) is 176 cm³/mol. The Labute approximate surface area is 296 Å². The van der Waals surface area contributed by atoms with Crippen LogP contribution >= 0.6 is 23.2 Å². The van der Waals surface area contributed by atoms with Crippen molar-refractivity contribution < 1.29 is 37.3 Å². The number of benzene rings is 2. The van der Waals surface area contributed by atoms with E-state index in [0.29, 0.717) is 39.0 Å². The summed E-state index contributed by atoms with van der Waals surface area (Å²) >= 11 is 12.5. The van der Waals surface area contributed by atoms with E-state index in [1.165, 1.54) is 42.8 Å². The van der Waals surface area contributed by atoms with Gasteiger partial charge in [0.15, 0.2) is 17.3 Å². The number of nitrogens with zero attached hydrogens (tertiary/aromatic N) is 5. The number of imide groups is 1. The average Bonchev–Trinajstić information content (AvgIpc) is 3.45. The van der Waals surface area contributed by atoms with E-state index in [0.717, 1.165) is 4.57 Å². The van der Waals surface area contributed by atoms with Crippen molar-refractivity contribution >= 4 is 40.8 Å². The number of fused-ring (bicyclic) bond motifs is 4. The Morgan fingerprint density at radius 2 is 1.65 bits per heavy atom. The molecule has 2 aromatic carbocycles. The van der Waals surface area contributed by atoms with Gasteiger partial charge in [0.2, 0.25) is 5.75 Å². The summed E-state index contributed by atoms with van der Waals surface area (Å²) in [6.45, 7) is -0.0554. The highest BCUT2D eigenvalue weighted by molar-refractivity contribution is 6.33. The van der Waals surface area contributed by atoms with E-state index in [9.17, 15) is 32.7 Å². The molecule has 2 amide bonds. The maximum Gasteiger partial charge on any atom is 0.417 e. The third-order valence-corrected chi connectivity index (χ3v) is 10.4. The number of ether oxygens (including phenoxy) is 2. The lowest BCUT2D eigenvalue weighted by Crippen LogP contribution is -2.53. The van der Waals surface area contributed by atoms with Crippen LogP contribution in [0.15, 0.2) is 69.9 Å². The number of rotatable bonds is 6. The summed E-state index contributed by atoms with van der Waals surface area (Å²) in [6.07, 6.45) is -2.68. The Hall–Kier alpha value is -5.22. The van der Waals surface area contributed by atoms with Crippen LogP contribution in [-0.2, 0) is 34.8 Å². The number of hydrogen-bond donors (Lipinski definition) is 2. The highest BCUT2D eigenvalue weighted by Crippen LogP contribution is 2.62. The van der Waals surface area contributed by atoms with Gasteiger partial charge in [-0.15, -0.1) is 0 Å². The summed E-state index contributed by atoms with van der Waals surface area (Å²) in [6, 6.07) is 8.91. The molecule has 1 aliphatic carbocycles. The van der Waals surface area contributed by atoms with Crippen molar-refractivity contribution in [3.8, 4) is 17.2 Å². The molecule has 2 fully saturated rings. The van der Waals surface area contributed by atoms with Crippen molar-refractivity contribution in [1.29, 1.82) is 0 Å². The molecule has 18 heteroatoms. The fraction of sp³-hybridized carbons (Fsp3) is 0.303.